The predicted molar refractivity (Wildman–Crippen MR) is 42.4 cm³/mol. The Hall–Kier alpha value is -1.64. The van der Waals surface area contributed by atoms with E-state index >= 15 is 0 Å². The molecule has 0 unspecified atom stereocenters. The number of rotatable bonds is 0. The van der Waals surface area contributed by atoms with Crippen LogP contribution >= 0.6 is 0 Å². The summed E-state index contributed by atoms with van der Waals surface area (Å²) in [4.78, 5) is 11.0. The molecular formula is C9H5FO2. The van der Waals surface area contributed by atoms with Crippen molar-refractivity contribution in [3.05, 3.63) is 46.8 Å². The van der Waals surface area contributed by atoms with Gasteiger partial charge in [-0.3, -0.25) is 0 Å². The van der Waals surface area contributed by atoms with Crippen LogP contribution < -0.4 is 5.63 Å². The summed E-state index contributed by atoms with van der Waals surface area (Å²) in [6.45, 7) is 0. The lowest BCUT2D eigenvalue weighted by Crippen LogP contribution is -1.97. The van der Waals surface area contributed by atoms with Crippen LogP contribution in [0.4, 0.5) is 4.39 Å². The number of halogens is 1. The standard InChI is InChI=1S/C9H5FO2/c10-7-2-1-6-3-4-12-9(11)8(6)5-7/h1-5H. The van der Waals surface area contributed by atoms with Crippen molar-refractivity contribution >= 4 is 10.8 Å². The number of hydrogen-bond acceptors (Lipinski definition) is 2. The second kappa shape index (κ2) is 2.44. The summed E-state index contributed by atoms with van der Waals surface area (Å²) >= 11 is 0. The number of benzene rings is 1. The van der Waals surface area contributed by atoms with Gasteiger partial charge in [0.15, 0.2) is 0 Å². The minimum Gasteiger partial charge on any atom is -0.431 e. The molecule has 2 aromatic rings. The van der Waals surface area contributed by atoms with Gasteiger partial charge in [-0.25, -0.2) is 9.18 Å². The summed E-state index contributed by atoms with van der Waals surface area (Å²) < 4.78 is 17.2. The van der Waals surface area contributed by atoms with Crippen LogP contribution in [0.15, 0.2) is 39.7 Å². The highest BCUT2D eigenvalue weighted by atomic mass is 19.1. The van der Waals surface area contributed by atoms with Crippen molar-refractivity contribution in [3.8, 4) is 0 Å². The fourth-order valence-electron chi connectivity index (χ4n) is 1.08. The first kappa shape index (κ1) is 7.03. The van der Waals surface area contributed by atoms with Crippen molar-refractivity contribution in [2.45, 2.75) is 0 Å². The van der Waals surface area contributed by atoms with E-state index in [1.807, 2.05) is 0 Å². The fraction of sp³-hybridized carbons (Fsp3) is 0. The molecule has 0 atom stereocenters. The Morgan fingerprint density at radius 2 is 2.08 bits per heavy atom. The second-order valence-corrected chi connectivity index (χ2v) is 2.44. The minimum absolute atomic E-state index is 0.275. The zero-order valence-corrected chi connectivity index (χ0v) is 6.08. The Labute approximate surface area is 67.2 Å². The molecule has 0 saturated heterocycles. The third kappa shape index (κ3) is 0.993. The molecule has 2 rings (SSSR count). The molecule has 0 aliphatic rings. The molecule has 12 heavy (non-hydrogen) atoms. The normalized spacial score (nSPS) is 10.4. The first-order valence-corrected chi connectivity index (χ1v) is 3.44. The van der Waals surface area contributed by atoms with E-state index in [2.05, 4.69) is 4.42 Å². The summed E-state index contributed by atoms with van der Waals surface area (Å²) in [5, 5.41) is 0.963. The van der Waals surface area contributed by atoms with Crippen molar-refractivity contribution in [2.75, 3.05) is 0 Å². The van der Waals surface area contributed by atoms with E-state index in [1.165, 1.54) is 18.4 Å². The monoisotopic (exact) mass is 164 g/mol. The highest BCUT2D eigenvalue weighted by molar-refractivity contribution is 5.80. The molecule has 1 heterocycles. The highest BCUT2D eigenvalue weighted by Gasteiger charge is 1.99. The molecule has 0 N–H and O–H groups in total. The smallest absolute Gasteiger partial charge is 0.343 e. The molecule has 2 nitrogen and oxygen atoms in total. The van der Waals surface area contributed by atoms with Crippen molar-refractivity contribution in [2.24, 2.45) is 0 Å². The molecule has 3 heteroatoms. The Morgan fingerprint density at radius 1 is 1.25 bits per heavy atom. The maximum absolute atomic E-state index is 12.6. The van der Waals surface area contributed by atoms with Crippen LogP contribution in [-0.2, 0) is 0 Å². The third-order valence-corrected chi connectivity index (χ3v) is 1.66. The summed E-state index contributed by atoms with van der Waals surface area (Å²) in [6.07, 6.45) is 1.29. The van der Waals surface area contributed by atoms with Crippen LogP contribution in [0.3, 0.4) is 0 Å². The molecule has 0 aliphatic carbocycles. The van der Waals surface area contributed by atoms with Crippen molar-refractivity contribution in [3.63, 3.8) is 0 Å². The van der Waals surface area contributed by atoms with Crippen LogP contribution in [0.1, 0.15) is 0 Å². The molecule has 0 radical (unpaired) electrons. The van der Waals surface area contributed by atoms with E-state index in [9.17, 15) is 9.18 Å². The van der Waals surface area contributed by atoms with Gasteiger partial charge in [0.1, 0.15) is 5.82 Å². The average molecular weight is 164 g/mol. The maximum atomic E-state index is 12.6. The van der Waals surface area contributed by atoms with E-state index in [0.717, 1.165) is 0 Å². The molecule has 0 saturated carbocycles. The van der Waals surface area contributed by atoms with Gasteiger partial charge in [0.2, 0.25) is 0 Å². The largest absolute Gasteiger partial charge is 0.431 e. The SMILES string of the molecule is O=c1occc2ccc(F)cc12. The van der Waals surface area contributed by atoms with Crippen LogP contribution in [0.5, 0.6) is 0 Å². The van der Waals surface area contributed by atoms with E-state index < -0.39 is 11.4 Å². The van der Waals surface area contributed by atoms with Gasteiger partial charge in [-0.1, -0.05) is 6.07 Å². The quantitative estimate of drug-likeness (QED) is 0.595. The Bertz CT molecular complexity index is 473. The van der Waals surface area contributed by atoms with Crippen molar-refractivity contribution in [1.82, 2.24) is 0 Å². The average Bonchev–Trinajstić information content (AvgIpc) is 2.07. The lowest BCUT2D eigenvalue weighted by molar-refractivity contribution is 0.518. The lowest BCUT2D eigenvalue weighted by atomic mass is 10.2. The Balaban J connectivity index is 2.98. The predicted octanol–water partition coefficient (Wildman–Crippen LogP) is 1.93. The van der Waals surface area contributed by atoms with Gasteiger partial charge in [-0.15, -0.1) is 0 Å². The number of hydrogen-bond donors (Lipinski definition) is 0. The van der Waals surface area contributed by atoms with Crippen LogP contribution in [0.2, 0.25) is 0 Å². The topological polar surface area (TPSA) is 30.2 Å². The zero-order chi connectivity index (χ0) is 8.55. The van der Waals surface area contributed by atoms with Crippen LogP contribution in [-0.4, -0.2) is 0 Å². The molecule has 60 valence electrons. The maximum Gasteiger partial charge on any atom is 0.343 e. The first-order valence-electron chi connectivity index (χ1n) is 3.44. The second-order valence-electron chi connectivity index (χ2n) is 2.44. The first-order chi connectivity index (χ1) is 5.77. The fourth-order valence-corrected chi connectivity index (χ4v) is 1.08. The summed E-state index contributed by atoms with van der Waals surface area (Å²) in [5.41, 5.74) is -0.507. The molecular weight excluding hydrogens is 159 g/mol. The van der Waals surface area contributed by atoms with E-state index in [-0.39, 0.29) is 5.39 Å². The van der Waals surface area contributed by atoms with Gasteiger partial charge < -0.3 is 4.42 Å². The Morgan fingerprint density at radius 3 is 2.92 bits per heavy atom. The van der Waals surface area contributed by atoms with Gasteiger partial charge in [-0.2, -0.15) is 0 Å². The molecule has 0 fully saturated rings. The molecule has 1 aromatic heterocycles. The van der Waals surface area contributed by atoms with Gasteiger partial charge in [-0.05, 0) is 23.6 Å². The molecule has 0 bridgehead atoms. The van der Waals surface area contributed by atoms with Crippen LogP contribution in [0, 0.1) is 5.82 Å². The lowest BCUT2D eigenvalue weighted by Gasteiger charge is -1.93. The summed E-state index contributed by atoms with van der Waals surface area (Å²) in [5.74, 6) is -0.430. The van der Waals surface area contributed by atoms with Crippen molar-refractivity contribution < 1.29 is 8.81 Å². The van der Waals surface area contributed by atoms with E-state index in [4.69, 9.17) is 0 Å². The zero-order valence-electron chi connectivity index (χ0n) is 6.08. The van der Waals surface area contributed by atoms with Gasteiger partial charge in [0.05, 0.1) is 11.6 Å². The van der Waals surface area contributed by atoms with Crippen LogP contribution in [0.25, 0.3) is 10.8 Å². The van der Waals surface area contributed by atoms with Crippen molar-refractivity contribution in [1.29, 1.82) is 0 Å². The summed E-state index contributed by atoms with van der Waals surface area (Å²) in [6, 6.07) is 5.64. The number of fused-ring (bicyclic) bond motifs is 1. The molecule has 1 aromatic carbocycles. The molecule has 0 aliphatic heterocycles. The molecule has 0 amide bonds. The van der Waals surface area contributed by atoms with Gasteiger partial charge in [0, 0.05) is 0 Å². The molecule has 0 spiro atoms. The van der Waals surface area contributed by atoms with Gasteiger partial charge >= 0.3 is 5.63 Å². The summed E-state index contributed by atoms with van der Waals surface area (Å²) in [7, 11) is 0. The van der Waals surface area contributed by atoms with Gasteiger partial charge in [0.25, 0.3) is 0 Å². The van der Waals surface area contributed by atoms with E-state index in [1.54, 1.807) is 12.1 Å². The van der Waals surface area contributed by atoms with E-state index in [0.29, 0.717) is 5.39 Å². The minimum atomic E-state index is -0.507. The Kier molecular flexibility index (Phi) is 1.43. The third-order valence-electron chi connectivity index (χ3n) is 1.66. The highest BCUT2D eigenvalue weighted by Crippen LogP contribution is 2.10.